The van der Waals surface area contributed by atoms with Crippen molar-refractivity contribution in [1.29, 1.82) is 0 Å². The Hall–Kier alpha value is -1.84. The Morgan fingerprint density at radius 3 is 3.07 bits per heavy atom. The van der Waals surface area contributed by atoms with Gasteiger partial charge in [-0.05, 0) is 12.5 Å². The summed E-state index contributed by atoms with van der Waals surface area (Å²) in [5.74, 6) is 1.30. The molecule has 80 valence electrons. The second kappa shape index (κ2) is 3.73. The first-order valence-electron chi connectivity index (χ1n) is 4.57. The van der Waals surface area contributed by atoms with Crippen molar-refractivity contribution in [3.05, 3.63) is 24.3 Å². The molecule has 0 unspecified atom stereocenters. The number of methoxy groups -OCH3 is 1. The van der Waals surface area contributed by atoms with E-state index in [2.05, 4.69) is 6.58 Å². The lowest BCUT2D eigenvalue weighted by Crippen LogP contribution is -1.93. The summed E-state index contributed by atoms with van der Waals surface area (Å²) in [6.07, 6.45) is 2.34. The van der Waals surface area contributed by atoms with Gasteiger partial charge in [-0.3, -0.25) is 0 Å². The van der Waals surface area contributed by atoms with E-state index in [4.69, 9.17) is 14.2 Å². The van der Waals surface area contributed by atoms with E-state index >= 15 is 0 Å². The van der Waals surface area contributed by atoms with E-state index in [0.29, 0.717) is 23.7 Å². The molecule has 0 fully saturated rings. The van der Waals surface area contributed by atoms with Crippen LogP contribution in [0.5, 0.6) is 23.0 Å². The van der Waals surface area contributed by atoms with Crippen LogP contribution in [-0.4, -0.2) is 19.0 Å². The van der Waals surface area contributed by atoms with Gasteiger partial charge in [-0.15, -0.1) is 6.58 Å². The third-order valence-electron chi connectivity index (χ3n) is 2.24. The third kappa shape index (κ3) is 1.48. The highest BCUT2D eigenvalue weighted by molar-refractivity contribution is 5.63. The fourth-order valence-corrected chi connectivity index (χ4v) is 1.59. The molecule has 0 saturated heterocycles. The van der Waals surface area contributed by atoms with Gasteiger partial charge in [0.15, 0.2) is 11.5 Å². The van der Waals surface area contributed by atoms with Gasteiger partial charge < -0.3 is 19.3 Å². The van der Waals surface area contributed by atoms with Crippen LogP contribution in [0.1, 0.15) is 5.56 Å². The minimum Gasteiger partial charge on any atom is -0.502 e. The van der Waals surface area contributed by atoms with E-state index in [0.717, 1.165) is 5.56 Å². The Labute approximate surface area is 87.7 Å². The van der Waals surface area contributed by atoms with Gasteiger partial charge in [-0.1, -0.05) is 6.08 Å². The van der Waals surface area contributed by atoms with Gasteiger partial charge in [0.1, 0.15) is 0 Å². The highest BCUT2D eigenvalue weighted by atomic mass is 16.7. The van der Waals surface area contributed by atoms with Gasteiger partial charge in [0.25, 0.3) is 0 Å². The fraction of sp³-hybridized carbons (Fsp3) is 0.273. The van der Waals surface area contributed by atoms with Crippen LogP contribution in [0.2, 0.25) is 0 Å². The first-order chi connectivity index (χ1) is 7.27. The summed E-state index contributed by atoms with van der Waals surface area (Å²) in [7, 11) is 1.50. The quantitative estimate of drug-likeness (QED) is 0.770. The van der Waals surface area contributed by atoms with Gasteiger partial charge in [-0.25, -0.2) is 0 Å². The zero-order chi connectivity index (χ0) is 10.8. The SMILES string of the molecule is C=CCc1cc2c(c(O)c1OC)OCO2. The largest absolute Gasteiger partial charge is 0.502 e. The lowest BCUT2D eigenvalue weighted by Gasteiger charge is -2.10. The molecule has 15 heavy (non-hydrogen) atoms. The summed E-state index contributed by atoms with van der Waals surface area (Å²) < 4.78 is 15.4. The van der Waals surface area contributed by atoms with Crippen molar-refractivity contribution in [2.24, 2.45) is 0 Å². The number of hydrogen-bond donors (Lipinski definition) is 1. The molecular formula is C11H12O4. The first kappa shape index (κ1) is 9.71. The average molecular weight is 208 g/mol. The molecule has 1 aromatic rings. The molecule has 4 nitrogen and oxygen atoms in total. The van der Waals surface area contributed by atoms with Crippen molar-refractivity contribution in [2.45, 2.75) is 6.42 Å². The zero-order valence-corrected chi connectivity index (χ0v) is 8.45. The van der Waals surface area contributed by atoms with E-state index in [-0.39, 0.29) is 12.5 Å². The van der Waals surface area contributed by atoms with Crippen LogP contribution in [0.15, 0.2) is 18.7 Å². The number of phenols is 1. The van der Waals surface area contributed by atoms with Crippen molar-refractivity contribution in [3.8, 4) is 23.0 Å². The summed E-state index contributed by atoms with van der Waals surface area (Å²) >= 11 is 0. The number of phenolic OH excluding ortho intramolecular Hbond substituents is 1. The summed E-state index contributed by atoms with van der Waals surface area (Å²) in [5, 5.41) is 9.85. The van der Waals surface area contributed by atoms with E-state index in [1.807, 2.05) is 0 Å². The Morgan fingerprint density at radius 1 is 1.60 bits per heavy atom. The van der Waals surface area contributed by atoms with Crippen LogP contribution < -0.4 is 14.2 Å². The molecule has 1 N–H and O–H groups in total. The van der Waals surface area contributed by atoms with E-state index in [1.54, 1.807) is 12.1 Å². The van der Waals surface area contributed by atoms with Gasteiger partial charge in [0.2, 0.25) is 18.3 Å². The number of benzene rings is 1. The Morgan fingerprint density at radius 2 is 2.40 bits per heavy atom. The minimum absolute atomic E-state index is 0.00986. The topological polar surface area (TPSA) is 47.9 Å². The van der Waals surface area contributed by atoms with Crippen molar-refractivity contribution >= 4 is 0 Å². The van der Waals surface area contributed by atoms with Crippen LogP contribution in [-0.2, 0) is 6.42 Å². The fourth-order valence-electron chi connectivity index (χ4n) is 1.59. The van der Waals surface area contributed by atoms with Crippen molar-refractivity contribution in [1.82, 2.24) is 0 Å². The van der Waals surface area contributed by atoms with Gasteiger partial charge in [-0.2, -0.15) is 0 Å². The number of hydrogen-bond acceptors (Lipinski definition) is 4. The zero-order valence-electron chi connectivity index (χ0n) is 8.45. The van der Waals surface area contributed by atoms with Crippen molar-refractivity contribution < 1.29 is 19.3 Å². The van der Waals surface area contributed by atoms with Crippen LogP contribution in [0.4, 0.5) is 0 Å². The Balaban J connectivity index is 2.55. The van der Waals surface area contributed by atoms with Crippen molar-refractivity contribution in [2.75, 3.05) is 13.9 Å². The molecule has 4 heteroatoms. The molecule has 0 aromatic heterocycles. The normalized spacial score (nSPS) is 12.6. The maximum Gasteiger partial charge on any atom is 0.231 e. The Bertz CT molecular complexity index is 398. The predicted octanol–water partition coefficient (Wildman–Crippen LogP) is 1.86. The summed E-state index contributed by atoms with van der Waals surface area (Å²) in [4.78, 5) is 0. The molecule has 0 aliphatic carbocycles. The molecule has 0 bridgehead atoms. The average Bonchev–Trinajstić information content (AvgIpc) is 2.67. The molecule has 2 rings (SSSR count). The van der Waals surface area contributed by atoms with Crippen LogP contribution in [0.3, 0.4) is 0 Å². The minimum atomic E-state index is -0.00986. The molecular weight excluding hydrogens is 196 g/mol. The van der Waals surface area contributed by atoms with Gasteiger partial charge in [0, 0.05) is 5.56 Å². The van der Waals surface area contributed by atoms with Crippen LogP contribution in [0, 0.1) is 0 Å². The molecule has 0 radical (unpaired) electrons. The van der Waals surface area contributed by atoms with Crippen LogP contribution >= 0.6 is 0 Å². The summed E-state index contributed by atoms with van der Waals surface area (Å²) in [5.41, 5.74) is 0.828. The second-order valence-corrected chi connectivity index (χ2v) is 3.14. The number of aromatic hydroxyl groups is 1. The maximum absolute atomic E-state index is 9.85. The molecule has 0 atom stereocenters. The smallest absolute Gasteiger partial charge is 0.231 e. The maximum atomic E-state index is 9.85. The molecule has 1 aliphatic heterocycles. The van der Waals surface area contributed by atoms with Gasteiger partial charge in [0.05, 0.1) is 7.11 Å². The molecule has 0 spiro atoms. The molecule has 0 saturated carbocycles. The number of rotatable bonds is 3. The summed E-state index contributed by atoms with van der Waals surface area (Å²) in [6.45, 7) is 3.77. The molecule has 1 heterocycles. The van der Waals surface area contributed by atoms with E-state index in [9.17, 15) is 5.11 Å². The van der Waals surface area contributed by atoms with E-state index in [1.165, 1.54) is 7.11 Å². The summed E-state index contributed by atoms with van der Waals surface area (Å²) in [6, 6.07) is 1.79. The monoisotopic (exact) mass is 208 g/mol. The molecule has 0 amide bonds. The number of ether oxygens (including phenoxy) is 3. The second-order valence-electron chi connectivity index (χ2n) is 3.14. The van der Waals surface area contributed by atoms with E-state index < -0.39 is 0 Å². The van der Waals surface area contributed by atoms with Crippen LogP contribution in [0.25, 0.3) is 0 Å². The predicted molar refractivity (Wildman–Crippen MR) is 54.7 cm³/mol. The highest BCUT2D eigenvalue weighted by Gasteiger charge is 2.24. The molecule has 1 aliphatic rings. The lowest BCUT2D eigenvalue weighted by molar-refractivity contribution is 0.171. The highest BCUT2D eigenvalue weighted by Crippen LogP contribution is 2.48. The lowest BCUT2D eigenvalue weighted by atomic mass is 10.1. The number of fused-ring (bicyclic) bond motifs is 1. The third-order valence-corrected chi connectivity index (χ3v) is 2.24. The number of allylic oxidation sites excluding steroid dienone is 1. The first-order valence-corrected chi connectivity index (χ1v) is 4.57. The van der Waals surface area contributed by atoms with Gasteiger partial charge >= 0.3 is 0 Å². The van der Waals surface area contributed by atoms with Crippen molar-refractivity contribution in [3.63, 3.8) is 0 Å². The Kier molecular flexibility index (Phi) is 2.41. The molecule has 1 aromatic carbocycles. The standard InChI is InChI=1S/C11H12O4/c1-3-4-7-5-8-11(15-6-14-8)9(12)10(7)13-2/h3,5,12H,1,4,6H2,2H3.